The van der Waals surface area contributed by atoms with E-state index in [1.165, 1.54) is 32.1 Å². The fourth-order valence-corrected chi connectivity index (χ4v) is 3.16. The van der Waals surface area contributed by atoms with E-state index < -0.39 is 0 Å². The normalized spacial score (nSPS) is 28.1. The molecule has 1 heterocycles. The summed E-state index contributed by atoms with van der Waals surface area (Å²) in [6.07, 6.45) is 8.15. The lowest BCUT2D eigenvalue weighted by atomic mass is 9.84. The molecule has 3 N–H and O–H groups in total. The standard InChI is InChI=1S/C13H26N2O/c14-10-12-4-8-15(9-5-12)11-13(16)6-2-1-3-7-13/h12,16H,1-11,14H2. The fraction of sp³-hybridized carbons (Fsp3) is 1.00. The molecule has 1 aliphatic heterocycles. The van der Waals surface area contributed by atoms with Gasteiger partial charge in [-0.05, 0) is 51.2 Å². The average molecular weight is 226 g/mol. The van der Waals surface area contributed by atoms with Crippen LogP contribution in [0.1, 0.15) is 44.9 Å². The van der Waals surface area contributed by atoms with Gasteiger partial charge in [-0.3, -0.25) is 0 Å². The Bertz CT molecular complexity index is 206. The van der Waals surface area contributed by atoms with Crippen molar-refractivity contribution in [3.05, 3.63) is 0 Å². The molecule has 2 fully saturated rings. The van der Waals surface area contributed by atoms with Crippen LogP contribution in [0, 0.1) is 5.92 Å². The maximum absolute atomic E-state index is 10.5. The molecule has 0 radical (unpaired) electrons. The van der Waals surface area contributed by atoms with Gasteiger partial charge < -0.3 is 15.7 Å². The summed E-state index contributed by atoms with van der Waals surface area (Å²) in [5, 5.41) is 10.5. The summed E-state index contributed by atoms with van der Waals surface area (Å²) in [6, 6.07) is 0. The predicted molar refractivity (Wildman–Crippen MR) is 66.3 cm³/mol. The third kappa shape index (κ3) is 3.19. The second-order valence-electron chi connectivity index (χ2n) is 5.74. The molecule has 3 nitrogen and oxygen atoms in total. The SMILES string of the molecule is NCC1CCN(CC2(O)CCCCC2)CC1. The molecule has 16 heavy (non-hydrogen) atoms. The number of β-amino-alcohol motifs (C(OH)–C–C–N with tert-alkyl or cyclic N) is 1. The fourth-order valence-electron chi connectivity index (χ4n) is 3.16. The minimum atomic E-state index is -0.381. The average Bonchev–Trinajstić information content (AvgIpc) is 2.30. The van der Waals surface area contributed by atoms with Crippen molar-refractivity contribution < 1.29 is 5.11 Å². The van der Waals surface area contributed by atoms with E-state index in [0.717, 1.165) is 44.9 Å². The zero-order chi connectivity index (χ0) is 11.4. The molecule has 0 bridgehead atoms. The molecular formula is C13H26N2O. The van der Waals surface area contributed by atoms with Gasteiger partial charge in [-0.2, -0.15) is 0 Å². The van der Waals surface area contributed by atoms with Crippen LogP contribution in [0.15, 0.2) is 0 Å². The van der Waals surface area contributed by atoms with Crippen molar-refractivity contribution >= 4 is 0 Å². The highest BCUT2D eigenvalue weighted by Crippen LogP contribution is 2.30. The van der Waals surface area contributed by atoms with Crippen molar-refractivity contribution in [2.45, 2.75) is 50.5 Å². The van der Waals surface area contributed by atoms with Crippen LogP contribution < -0.4 is 5.73 Å². The number of nitrogens with two attached hydrogens (primary N) is 1. The number of hydrogen-bond donors (Lipinski definition) is 2. The van der Waals surface area contributed by atoms with Crippen LogP contribution in [-0.2, 0) is 0 Å². The quantitative estimate of drug-likeness (QED) is 0.764. The monoisotopic (exact) mass is 226 g/mol. The first kappa shape index (κ1) is 12.3. The number of rotatable bonds is 3. The van der Waals surface area contributed by atoms with Crippen molar-refractivity contribution in [2.75, 3.05) is 26.2 Å². The first-order valence-electron chi connectivity index (χ1n) is 6.87. The van der Waals surface area contributed by atoms with E-state index in [9.17, 15) is 5.11 Å². The highest BCUT2D eigenvalue weighted by Gasteiger charge is 2.32. The van der Waals surface area contributed by atoms with Gasteiger partial charge >= 0.3 is 0 Å². The Morgan fingerprint density at radius 1 is 1.12 bits per heavy atom. The molecule has 1 saturated heterocycles. The van der Waals surface area contributed by atoms with Crippen LogP contribution in [0.5, 0.6) is 0 Å². The summed E-state index contributed by atoms with van der Waals surface area (Å²) in [5.74, 6) is 0.720. The minimum Gasteiger partial charge on any atom is -0.389 e. The maximum atomic E-state index is 10.5. The second-order valence-corrected chi connectivity index (χ2v) is 5.74. The zero-order valence-electron chi connectivity index (χ0n) is 10.3. The van der Waals surface area contributed by atoms with Crippen molar-refractivity contribution in [1.29, 1.82) is 0 Å². The van der Waals surface area contributed by atoms with Crippen LogP contribution in [0.2, 0.25) is 0 Å². The summed E-state index contributed by atoms with van der Waals surface area (Å²) in [6.45, 7) is 3.98. The maximum Gasteiger partial charge on any atom is 0.0774 e. The third-order valence-electron chi connectivity index (χ3n) is 4.34. The van der Waals surface area contributed by atoms with Crippen molar-refractivity contribution in [1.82, 2.24) is 4.90 Å². The molecular weight excluding hydrogens is 200 g/mol. The number of piperidine rings is 1. The summed E-state index contributed by atoms with van der Waals surface area (Å²) >= 11 is 0. The van der Waals surface area contributed by atoms with Gasteiger partial charge in [0.05, 0.1) is 5.60 Å². The van der Waals surface area contributed by atoms with E-state index >= 15 is 0 Å². The smallest absolute Gasteiger partial charge is 0.0774 e. The lowest BCUT2D eigenvalue weighted by Crippen LogP contribution is -2.47. The Morgan fingerprint density at radius 3 is 2.31 bits per heavy atom. The van der Waals surface area contributed by atoms with Gasteiger partial charge in [0, 0.05) is 6.54 Å². The van der Waals surface area contributed by atoms with E-state index in [4.69, 9.17) is 5.73 Å². The van der Waals surface area contributed by atoms with Gasteiger partial charge in [-0.1, -0.05) is 19.3 Å². The van der Waals surface area contributed by atoms with E-state index in [2.05, 4.69) is 4.90 Å². The Balaban J connectivity index is 1.77. The van der Waals surface area contributed by atoms with Gasteiger partial charge in [0.15, 0.2) is 0 Å². The van der Waals surface area contributed by atoms with Gasteiger partial charge in [0.1, 0.15) is 0 Å². The lowest BCUT2D eigenvalue weighted by molar-refractivity contribution is -0.0323. The molecule has 0 spiro atoms. The van der Waals surface area contributed by atoms with Gasteiger partial charge in [-0.25, -0.2) is 0 Å². The third-order valence-corrected chi connectivity index (χ3v) is 4.34. The van der Waals surface area contributed by atoms with E-state index in [0.29, 0.717) is 0 Å². The molecule has 0 atom stereocenters. The summed E-state index contributed by atoms with van der Waals surface area (Å²) in [7, 11) is 0. The first-order chi connectivity index (χ1) is 7.72. The zero-order valence-corrected chi connectivity index (χ0v) is 10.3. The van der Waals surface area contributed by atoms with Crippen LogP contribution in [0.25, 0.3) is 0 Å². The van der Waals surface area contributed by atoms with Crippen molar-refractivity contribution in [3.63, 3.8) is 0 Å². The molecule has 0 aromatic heterocycles. The lowest BCUT2D eigenvalue weighted by Gasteiger charge is -2.39. The molecule has 0 unspecified atom stereocenters. The predicted octanol–water partition coefficient (Wildman–Crippen LogP) is 1.35. The molecule has 94 valence electrons. The summed E-state index contributed by atoms with van der Waals surface area (Å²) in [5.41, 5.74) is 5.31. The topological polar surface area (TPSA) is 49.5 Å². The summed E-state index contributed by atoms with van der Waals surface area (Å²) < 4.78 is 0. The van der Waals surface area contributed by atoms with Gasteiger partial charge in [0.25, 0.3) is 0 Å². The van der Waals surface area contributed by atoms with Crippen LogP contribution in [0.4, 0.5) is 0 Å². The van der Waals surface area contributed by atoms with Gasteiger partial charge in [-0.15, -0.1) is 0 Å². The van der Waals surface area contributed by atoms with Gasteiger partial charge in [0.2, 0.25) is 0 Å². The molecule has 0 aromatic carbocycles. The number of nitrogens with zero attached hydrogens (tertiary/aromatic N) is 1. The first-order valence-corrected chi connectivity index (χ1v) is 6.87. The number of likely N-dealkylation sites (tertiary alicyclic amines) is 1. The Kier molecular flexibility index (Phi) is 4.22. The highest BCUT2D eigenvalue weighted by atomic mass is 16.3. The molecule has 1 aliphatic carbocycles. The Hall–Kier alpha value is -0.120. The molecule has 2 rings (SSSR count). The van der Waals surface area contributed by atoms with Crippen molar-refractivity contribution in [3.8, 4) is 0 Å². The number of hydrogen-bond acceptors (Lipinski definition) is 3. The molecule has 1 saturated carbocycles. The van der Waals surface area contributed by atoms with Crippen molar-refractivity contribution in [2.24, 2.45) is 11.7 Å². The minimum absolute atomic E-state index is 0.381. The Morgan fingerprint density at radius 2 is 1.75 bits per heavy atom. The second kappa shape index (κ2) is 5.48. The van der Waals surface area contributed by atoms with E-state index in [1.54, 1.807) is 0 Å². The summed E-state index contributed by atoms with van der Waals surface area (Å²) in [4.78, 5) is 2.44. The van der Waals surface area contributed by atoms with Crippen LogP contribution in [-0.4, -0.2) is 41.8 Å². The molecule has 0 aromatic rings. The molecule has 3 heteroatoms. The highest BCUT2D eigenvalue weighted by molar-refractivity contribution is 4.87. The largest absolute Gasteiger partial charge is 0.389 e. The van der Waals surface area contributed by atoms with E-state index in [1.807, 2.05) is 0 Å². The van der Waals surface area contributed by atoms with E-state index in [-0.39, 0.29) is 5.60 Å². The molecule has 2 aliphatic rings. The Labute approximate surface area is 99.0 Å². The number of aliphatic hydroxyl groups is 1. The van der Waals surface area contributed by atoms with Crippen LogP contribution >= 0.6 is 0 Å². The van der Waals surface area contributed by atoms with Crippen LogP contribution in [0.3, 0.4) is 0 Å². The molecule has 0 amide bonds.